The van der Waals surface area contributed by atoms with Crippen LogP contribution in [0.4, 0.5) is 4.79 Å². The maximum absolute atomic E-state index is 11.2. The lowest BCUT2D eigenvalue weighted by Crippen LogP contribution is -2.35. The molecule has 0 spiro atoms. The lowest BCUT2D eigenvalue weighted by molar-refractivity contribution is 0.0821. The van der Waals surface area contributed by atoms with Crippen LogP contribution in [0.5, 0.6) is 0 Å². The molecule has 0 aromatic carbocycles. The highest BCUT2D eigenvalue weighted by Gasteiger charge is 2.21. The molecule has 1 saturated carbocycles. The van der Waals surface area contributed by atoms with E-state index in [1.807, 2.05) is 0 Å². The number of hydrogen-bond donors (Lipinski definition) is 1. The van der Waals surface area contributed by atoms with E-state index in [2.05, 4.69) is 0 Å². The molecule has 0 radical (unpaired) electrons. The van der Waals surface area contributed by atoms with Gasteiger partial charge in [0.2, 0.25) is 0 Å². The second-order valence-electron chi connectivity index (χ2n) is 3.52. The average Bonchev–Trinajstić information content (AvgIpc) is 2.06. The van der Waals surface area contributed by atoms with Gasteiger partial charge >= 0.3 is 6.09 Å². The fraction of sp³-hybridized carbons (Fsp3) is 0.889. The van der Waals surface area contributed by atoms with Gasteiger partial charge in [0, 0.05) is 13.6 Å². The van der Waals surface area contributed by atoms with Crippen molar-refractivity contribution in [3.05, 3.63) is 0 Å². The van der Waals surface area contributed by atoms with Gasteiger partial charge in [-0.25, -0.2) is 4.79 Å². The van der Waals surface area contributed by atoms with E-state index in [1.54, 1.807) is 11.9 Å². The van der Waals surface area contributed by atoms with Gasteiger partial charge in [0.05, 0.1) is 6.61 Å². The van der Waals surface area contributed by atoms with E-state index in [4.69, 9.17) is 9.84 Å². The van der Waals surface area contributed by atoms with Crippen molar-refractivity contribution in [2.45, 2.75) is 19.3 Å². The molecule has 4 heteroatoms. The molecule has 1 fully saturated rings. The molecule has 0 bridgehead atoms. The van der Waals surface area contributed by atoms with Crippen LogP contribution in [0.3, 0.4) is 0 Å². The normalized spacial score (nSPS) is 16.5. The van der Waals surface area contributed by atoms with E-state index in [-0.39, 0.29) is 19.3 Å². The molecule has 0 aromatic rings. The molecule has 0 aromatic heterocycles. The number of nitrogens with zero attached hydrogens (tertiary/aromatic N) is 1. The number of aliphatic hydroxyl groups excluding tert-OH is 1. The molecule has 0 saturated heterocycles. The lowest BCUT2D eigenvalue weighted by Gasteiger charge is -2.29. The summed E-state index contributed by atoms with van der Waals surface area (Å²) < 4.78 is 4.76. The van der Waals surface area contributed by atoms with Crippen LogP contribution in [0.15, 0.2) is 0 Å². The van der Waals surface area contributed by atoms with Crippen LogP contribution in [0.2, 0.25) is 0 Å². The van der Waals surface area contributed by atoms with Crippen LogP contribution in [0.1, 0.15) is 19.3 Å². The highest BCUT2D eigenvalue weighted by Crippen LogP contribution is 2.26. The topological polar surface area (TPSA) is 49.8 Å². The van der Waals surface area contributed by atoms with Gasteiger partial charge in [0.25, 0.3) is 0 Å². The van der Waals surface area contributed by atoms with Crippen molar-refractivity contribution in [3.8, 4) is 0 Å². The Hall–Kier alpha value is -0.770. The average molecular weight is 187 g/mol. The van der Waals surface area contributed by atoms with E-state index in [1.165, 1.54) is 19.3 Å². The zero-order valence-electron chi connectivity index (χ0n) is 8.03. The second-order valence-corrected chi connectivity index (χ2v) is 3.52. The standard InChI is InChI=1S/C9H17NO3/c1-10(7-8-3-2-4-8)9(12)13-6-5-11/h8,11H,2-7H2,1H3. The van der Waals surface area contributed by atoms with Gasteiger partial charge in [-0.2, -0.15) is 0 Å². The minimum atomic E-state index is -0.332. The maximum Gasteiger partial charge on any atom is 0.409 e. The zero-order chi connectivity index (χ0) is 9.68. The first-order valence-corrected chi connectivity index (χ1v) is 4.72. The first-order chi connectivity index (χ1) is 6.24. The monoisotopic (exact) mass is 187 g/mol. The third kappa shape index (κ3) is 3.22. The second kappa shape index (κ2) is 5.07. The van der Waals surface area contributed by atoms with E-state index in [0.717, 1.165) is 6.54 Å². The molecule has 0 atom stereocenters. The Bertz CT molecular complexity index is 168. The predicted molar refractivity (Wildman–Crippen MR) is 48.4 cm³/mol. The summed E-state index contributed by atoms with van der Waals surface area (Å²) in [6.45, 7) is 0.765. The summed E-state index contributed by atoms with van der Waals surface area (Å²) in [5.74, 6) is 0.659. The highest BCUT2D eigenvalue weighted by molar-refractivity contribution is 5.67. The van der Waals surface area contributed by atoms with E-state index in [9.17, 15) is 4.79 Å². The molecular weight excluding hydrogens is 170 g/mol. The predicted octanol–water partition coefficient (Wildman–Crippen LogP) is 0.847. The van der Waals surface area contributed by atoms with Crippen LogP contribution in [0, 0.1) is 5.92 Å². The van der Waals surface area contributed by atoms with Crippen molar-refractivity contribution in [2.75, 3.05) is 26.8 Å². The van der Waals surface area contributed by atoms with Crippen LogP contribution < -0.4 is 0 Å². The van der Waals surface area contributed by atoms with Crippen LogP contribution in [0.25, 0.3) is 0 Å². The van der Waals surface area contributed by atoms with Crippen LogP contribution in [-0.2, 0) is 4.74 Å². The van der Waals surface area contributed by atoms with Gasteiger partial charge in [0.15, 0.2) is 0 Å². The number of aliphatic hydroxyl groups is 1. The first-order valence-electron chi connectivity index (χ1n) is 4.72. The summed E-state index contributed by atoms with van der Waals surface area (Å²) in [6.07, 6.45) is 3.39. The van der Waals surface area contributed by atoms with Gasteiger partial charge < -0.3 is 14.7 Å². The fourth-order valence-electron chi connectivity index (χ4n) is 1.38. The number of carbonyl (C=O) groups is 1. The highest BCUT2D eigenvalue weighted by atomic mass is 16.6. The Labute approximate surface area is 78.5 Å². The summed E-state index contributed by atoms with van der Waals surface area (Å²) in [4.78, 5) is 12.8. The molecule has 0 heterocycles. The van der Waals surface area contributed by atoms with E-state index < -0.39 is 0 Å². The minimum absolute atomic E-state index is 0.0911. The minimum Gasteiger partial charge on any atom is -0.447 e. The third-order valence-electron chi connectivity index (χ3n) is 2.39. The molecule has 1 aliphatic carbocycles. The third-order valence-corrected chi connectivity index (χ3v) is 2.39. The van der Waals surface area contributed by atoms with Gasteiger partial charge in [-0.15, -0.1) is 0 Å². The van der Waals surface area contributed by atoms with Gasteiger partial charge in [-0.3, -0.25) is 0 Å². The van der Waals surface area contributed by atoms with Crippen molar-refractivity contribution < 1.29 is 14.6 Å². The van der Waals surface area contributed by atoms with E-state index in [0.29, 0.717) is 5.92 Å². The van der Waals surface area contributed by atoms with Gasteiger partial charge in [0.1, 0.15) is 6.61 Å². The van der Waals surface area contributed by atoms with Crippen LogP contribution >= 0.6 is 0 Å². The quantitative estimate of drug-likeness (QED) is 0.709. The maximum atomic E-state index is 11.2. The zero-order valence-corrected chi connectivity index (χ0v) is 8.03. The van der Waals surface area contributed by atoms with Crippen molar-refractivity contribution >= 4 is 6.09 Å². The Balaban J connectivity index is 2.13. The molecule has 1 N–H and O–H groups in total. The molecule has 0 unspecified atom stereocenters. The number of ether oxygens (including phenoxy) is 1. The van der Waals surface area contributed by atoms with Crippen molar-refractivity contribution in [1.82, 2.24) is 4.90 Å². The van der Waals surface area contributed by atoms with Crippen molar-refractivity contribution in [3.63, 3.8) is 0 Å². The summed E-state index contributed by atoms with van der Waals surface area (Å²) in [5, 5.41) is 8.44. The van der Waals surface area contributed by atoms with E-state index >= 15 is 0 Å². The fourth-order valence-corrected chi connectivity index (χ4v) is 1.38. The molecular formula is C9H17NO3. The number of carbonyl (C=O) groups excluding carboxylic acids is 1. The summed E-state index contributed by atoms with van der Waals surface area (Å²) >= 11 is 0. The Morgan fingerprint density at radius 1 is 1.62 bits per heavy atom. The Morgan fingerprint density at radius 3 is 2.77 bits per heavy atom. The molecule has 1 amide bonds. The smallest absolute Gasteiger partial charge is 0.409 e. The Morgan fingerprint density at radius 2 is 2.31 bits per heavy atom. The summed E-state index contributed by atoms with van der Waals surface area (Å²) in [6, 6.07) is 0. The summed E-state index contributed by atoms with van der Waals surface area (Å²) in [5.41, 5.74) is 0. The number of rotatable bonds is 4. The molecule has 1 aliphatic rings. The number of amides is 1. The number of hydrogen-bond acceptors (Lipinski definition) is 3. The summed E-state index contributed by atoms with van der Waals surface area (Å²) in [7, 11) is 1.73. The lowest BCUT2D eigenvalue weighted by atomic mass is 9.85. The molecule has 76 valence electrons. The molecule has 1 rings (SSSR count). The SMILES string of the molecule is CN(CC1CCC1)C(=O)OCCO. The van der Waals surface area contributed by atoms with Gasteiger partial charge in [-0.05, 0) is 18.8 Å². The van der Waals surface area contributed by atoms with Crippen LogP contribution in [-0.4, -0.2) is 42.9 Å². The van der Waals surface area contributed by atoms with Crippen molar-refractivity contribution in [2.24, 2.45) is 5.92 Å². The van der Waals surface area contributed by atoms with Crippen molar-refractivity contribution in [1.29, 1.82) is 0 Å². The Kier molecular flexibility index (Phi) is 4.02. The first kappa shape index (κ1) is 10.3. The van der Waals surface area contributed by atoms with Gasteiger partial charge in [-0.1, -0.05) is 6.42 Å². The largest absolute Gasteiger partial charge is 0.447 e. The molecule has 4 nitrogen and oxygen atoms in total. The molecule has 13 heavy (non-hydrogen) atoms. The molecule has 0 aliphatic heterocycles.